The number of carbonyl (C=O) groups is 2. The number of carboxylic acid groups (broad SMARTS) is 1. The van der Waals surface area contributed by atoms with Gasteiger partial charge in [0.05, 0.1) is 0 Å². The number of carbonyl (C=O) groups excluding carboxylic acids is 1. The highest BCUT2D eigenvalue weighted by atomic mass is 19.1. The highest BCUT2D eigenvalue weighted by Crippen LogP contribution is 2.32. The number of rotatable bonds is 5. The minimum atomic E-state index is -0.860. The Balaban J connectivity index is 1.55. The Hall–Kier alpha value is -3.09. The first-order chi connectivity index (χ1) is 14.9. The molecule has 0 saturated carbocycles. The molecule has 31 heavy (non-hydrogen) atoms. The van der Waals surface area contributed by atoms with Crippen molar-refractivity contribution in [2.75, 3.05) is 19.6 Å². The van der Waals surface area contributed by atoms with Crippen molar-refractivity contribution >= 4 is 17.6 Å². The van der Waals surface area contributed by atoms with Crippen LogP contribution in [0.5, 0.6) is 0 Å². The molecule has 0 spiro atoms. The van der Waals surface area contributed by atoms with E-state index < -0.39 is 11.8 Å². The van der Waals surface area contributed by atoms with Crippen LogP contribution in [-0.4, -0.2) is 47.2 Å². The van der Waals surface area contributed by atoms with Crippen molar-refractivity contribution in [3.63, 3.8) is 0 Å². The molecule has 2 aromatic carbocycles. The van der Waals surface area contributed by atoms with Crippen LogP contribution in [-0.2, 0) is 11.2 Å². The number of aliphatic carboxylic acids is 1. The van der Waals surface area contributed by atoms with Crippen molar-refractivity contribution in [1.82, 2.24) is 4.90 Å². The summed E-state index contributed by atoms with van der Waals surface area (Å²) >= 11 is 0. The van der Waals surface area contributed by atoms with Crippen LogP contribution in [0.4, 0.5) is 8.78 Å². The SMILES string of the molecule is O=C(O)CC1CCN(C(=O)c2ccc(F)cc2)CC1CC1=NCCc2cc(F)ccc21. The van der Waals surface area contributed by atoms with Gasteiger partial charge in [-0.05, 0) is 84.7 Å². The van der Waals surface area contributed by atoms with Crippen molar-refractivity contribution in [3.8, 4) is 0 Å². The largest absolute Gasteiger partial charge is 0.481 e. The zero-order valence-electron chi connectivity index (χ0n) is 17.1. The lowest BCUT2D eigenvalue weighted by Gasteiger charge is -2.39. The van der Waals surface area contributed by atoms with Crippen LogP contribution in [0.15, 0.2) is 47.5 Å². The molecule has 1 amide bonds. The van der Waals surface area contributed by atoms with Gasteiger partial charge in [0.15, 0.2) is 0 Å². The Morgan fingerprint density at radius 3 is 2.55 bits per heavy atom. The average Bonchev–Trinajstić information content (AvgIpc) is 2.74. The summed E-state index contributed by atoms with van der Waals surface area (Å²) in [5, 5.41) is 9.37. The van der Waals surface area contributed by atoms with Crippen LogP contribution in [0.3, 0.4) is 0 Å². The van der Waals surface area contributed by atoms with Gasteiger partial charge in [0, 0.05) is 37.3 Å². The minimum Gasteiger partial charge on any atom is -0.481 e. The first-order valence-corrected chi connectivity index (χ1v) is 10.5. The minimum absolute atomic E-state index is 0.0345. The number of likely N-dealkylation sites (tertiary alicyclic amines) is 1. The fourth-order valence-corrected chi connectivity index (χ4v) is 4.63. The summed E-state index contributed by atoms with van der Waals surface area (Å²) in [5.74, 6) is -1.89. The second kappa shape index (κ2) is 8.96. The molecule has 0 bridgehead atoms. The van der Waals surface area contributed by atoms with E-state index in [1.807, 2.05) is 0 Å². The molecule has 2 heterocycles. The predicted molar refractivity (Wildman–Crippen MR) is 112 cm³/mol. The van der Waals surface area contributed by atoms with Crippen LogP contribution in [0.25, 0.3) is 0 Å². The van der Waals surface area contributed by atoms with E-state index in [0.717, 1.165) is 16.8 Å². The second-order valence-electron chi connectivity index (χ2n) is 8.25. The van der Waals surface area contributed by atoms with Crippen molar-refractivity contribution < 1.29 is 23.5 Å². The smallest absolute Gasteiger partial charge is 0.303 e. The highest BCUT2D eigenvalue weighted by molar-refractivity contribution is 6.02. The van der Waals surface area contributed by atoms with Gasteiger partial charge in [-0.15, -0.1) is 0 Å². The van der Waals surface area contributed by atoms with Crippen molar-refractivity contribution in [2.45, 2.75) is 25.7 Å². The third-order valence-corrected chi connectivity index (χ3v) is 6.22. The highest BCUT2D eigenvalue weighted by Gasteiger charge is 2.34. The standard InChI is InChI=1S/C24H24F2N2O3/c25-19-3-1-15(2-4-19)24(31)28-10-8-16(13-23(29)30)18(14-28)12-22-21-6-5-20(26)11-17(21)7-9-27-22/h1-6,11,16,18H,7-10,12-14H2,(H,29,30). The lowest BCUT2D eigenvalue weighted by molar-refractivity contribution is -0.138. The molecule has 2 aliphatic heterocycles. The summed E-state index contributed by atoms with van der Waals surface area (Å²) in [7, 11) is 0. The van der Waals surface area contributed by atoms with Gasteiger partial charge in [0.2, 0.25) is 0 Å². The molecule has 7 heteroatoms. The van der Waals surface area contributed by atoms with Crippen molar-refractivity contribution in [2.24, 2.45) is 16.8 Å². The summed E-state index contributed by atoms with van der Waals surface area (Å²) in [5.41, 5.74) is 3.07. The summed E-state index contributed by atoms with van der Waals surface area (Å²) in [6, 6.07) is 10.1. The van der Waals surface area contributed by atoms with Crippen LogP contribution in [0, 0.1) is 23.5 Å². The van der Waals surface area contributed by atoms with Crippen molar-refractivity contribution in [3.05, 3.63) is 70.8 Å². The van der Waals surface area contributed by atoms with E-state index in [4.69, 9.17) is 0 Å². The Morgan fingerprint density at radius 1 is 1.06 bits per heavy atom. The second-order valence-corrected chi connectivity index (χ2v) is 8.25. The maximum absolute atomic E-state index is 13.6. The number of halogens is 2. The molecule has 2 aliphatic rings. The van der Waals surface area contributed by atoms with Gasteiger partial charge in [0.1, 0.15) is 11.6 Å². The van der Waals surface area contributed by atoms with Gasteiger partial charge in [-0.1, -0.05) is 0 Å². The molecular weight excluding hydrogens is 402 g/mol. The predicted octanol–water partition coefficient (Wildman–Crippen LogP) is 3.95. The van der Waals surface area contributed by atoms with E-state index in [9.17, 15) is 23.5 Å². The quantitative estimate of drug-likeness (QED) is 0.787. The summed E-state index contributed by atoms with van der Waals surface area (Å²) in [6.45, 7) is 1.43. The molecule has 162 valence electrons. The number of benzene rings is 2. The fourth-order valence-electron chi connectivity index (χ4n) is 4.63. The number of fused-ring (bicyclic) bond motifs is 1. The molecule has 1 saturated heterocycles. The van der Waals surface area contributed by atoms with Gasteiger partial charge >= 0.3 is 5.97 Å². The Bertz CT molecular complexity index is 1020. The monoisotopic (exact) mass is 426 g/mol. The van der Waals surface area contributed by atoms with Gasteiger partial charge in [0.25, 0.3) is 5.91 Å². The maximum atomic E-state index is 13.6. The normalized spacial score (nSPS) is 20.7. The molecule has 2 unspecified atom stereocenters. The van der Waals surface area contributed by atoms with Crippen LogP contribution < -0.4 is 0 Å². The molecule has 0 radical (unpaired) electrons. The Kier molecular flexibility index (Phi) is 6.11. The maximum Gasteiger partial charge on any atom is 0.303 e. The molecular formula is C24H24F2N2O3. The third kappa shape index (κ3) is 4.81. The number of piperidine rings is 1. The topological polar surface area (TPSA) is 70.0 Å². The third-order valence-electron chi connectivity index (χ3n) is 6.22. The molecule has 0 aliphatic carbocycles. The number of nitrogens with zero attached hydrogens (tertiary/aromatic N) is 2. The van der Waals surface area contributed by atoms with E-state index in [2.05, 4.69) is 4.99 Å². The first-order valence-electron chi connectivity index (χ1n) is 10.5. The molecule has 1 fully saturated rings. The number of amides is 1. The van der Waals surface area contributed by atoms with Crippen LogP contribution >= 0.6 is 0 Å². The van der Waals surface area contributed by atoms with E-state index in [0.29, 0.717) is 44.5 Å². The summed E-state index contributed by atoms with van der Waals surface area (Å²) in [6.07, 6.45) is 1.82. The van der Waals surface area contributed by atoms with Gasteiger partial charge in [-0.2, -0.15) is 0 Å². The molecule has 2 atom stereocenters. The van der Waals surface area contributed by atoms with Crippen molar-refractivity contribution in [1.29, 1.82) is 0 Å². The Labute approximate surface area is 179 Å². The van der Waals surface area contributed by atoms with Gasteiger partial charge < -0.3 is 10.0 Å². The molecule has 1 N–H and O–H groups in total. The van der Waals surface area contributed by atoms with Crippen LogP contribution in [0.1, 0.15) is 40.7 Å². The van der Waals surface area contributed by atoms with E-state index >= 15 is 0 Å². The Morgan fingerprint density at radius 2 is 1.81 bits per heavy atom. The molecule has 0 aromatic heterocycles. The zero-order valence-corrected chi connectivity index (χ0v) is 17.1. The lowest BCUT2D eigenvalue weighted by atomic mass is 9.78. The summed E-state index contributed by atoms with van der Waals surface area (Å²) < 4.78 is 26.9. The van der Waals surface area contributed by atoms with E-state index in [1.54, 1.807) is 11.0 Å². The summed E-state index contributed by atoms with van der Waals surface area (Å²) in [4.78, 5) is 30.7. The van der Waals surface area contributed by atoms with Gasteiger partial charge in [-0.25, -0.2) is 8.78 Å². The van der Waals surface area contributed by atoms with E-state index in [1.165, 1.54) is 36.4 Å². The molecule has 4 rings (SSSR count). The molecule has 2 aromatic rings. The number of hydrogen-bond donors (Lipinski definition) is 1. The lowest BCUT2D eigenvalue weighted by Crippen LogP contribution is -2.45. The number of aliphatic imine (C=N–C) groups is 1. The first kappa shape index (κ1) is 21.2. The zero-order chi connectivity index (χ0) is 22.0. The number of carboxylic acids is 1. The number of hydrogen-bond acceptors (Lipinski definition) is 3. The molecule has 5 nitrogen and oxygen atoms in total. The average molecular weight is 426 g/mol. The van der Waals surface area contributed by atoms with Crippen LogP contribution in [0.2, 0.25) is 0 Å². The van der Waals surface area contributed by atoms with Gasteiger partial charge in [-0.3, -0.25) is 14.6 Å². The fraction of sp³-hybridized carbons (Fsp3) is 0.375. The van der Waals surface area contributed by atoms with E-state index in [-0.39, 0.29) is 30.0 Å².